The Hall–Kier alpha value is -1.60. The van der Waals surface area contributed by atoms with Gasteiger partial charge in [0, 0.05) is 12.3 Å². The minimum atomic E-state index is -0.0918. The standard InChI is InChI=1S/C14H17N3O/c1-14(5-6-18-9-14)17-13-11(8-15)7-10-3-2-4-12(10)16-13/h7H,2-6,9H2,1H3,(H,16,17). The Bertz CT molecular complexity index is 513. The molecule has 0 aromatic carbocycles. The fourth-order valence-electron chi connectivity index (χ4n) is 2.70. The zero-order chi connectivity index (χ0) is 12.6. The molecule has 1 aliphatic heterocycles. The van der Waals surface area contributed by atoms with Crippen molar-refractivity contribution in [3.05, 3.63) is 22.9 Å². The number of anilines is 1. The van der Waals surface area contributed by atoms with Gasteiger partial charge in [-0.15, -0.1) is 0 Å². The molecule has 1 unspecified atom stereocenters. The number of pyridine rings is 1. The van der Waals surface area contributed by atoms with Crippen LogP contribution in [-0.2, 0) is 17.6 Å². The molecule has 2 aliphatic rings. The maximum atomic E-state index is 9.25. The second-order valence-corrected chi connectivity index (χ2v) is 5.44. The molecule has 4 heteroatoms. The second-order valence-electron chi connectivity index (χ2n) is 5.44. The van der Waals surface area contributed by atoms with Gasteiger partial charge in [-0.25, -0.2) is 4.98 Å². The van der Waals surface area contributed by atoms with E-state index in [1.165, 1.54) is 5.56 Å². The smallest absolute Gasteiger partial charge is 0.144 e. The highest BCUT2D eigenvalue weighted by Crippen LogP contribution is 2.28. The third kappa shape index (κ3) is 1.95. The molecular weight excluding hydrogens is 226 g/mol. The minimum absolute atomic E-state index is 0.0918. The lowest BCUT2D eigenvalue weighted by Gasteiger charge is -2.25. The topological polar surface area (TPSA) is 57.9 Å². The van der Waals surface area contributed by atoms with Gasteiger partial charge in [0.05, 0.1) is 17.7 Å². The van der Waals surface area contributed by atoms with E-state index in [0.717, 1.165) is 43.8 Å². The number of hydrogen-bond donors (Lipinski definition) is 1. The predicted molar refractivity (Wildman–Crippen MR) is 68.4 cm³/mol. The van der Waals surface area contributed by atoms with E-state index in [4.69, 9.17) is 4.74 Å². The van der Waals surface area contributed by atoms with Gasteiger partial charge in [0.2, 0.25) is 0 Å². The van der Waals surface area contributed by atoms with Crippen molar-refractivity contribution >= 4 is 5.82 Å². The summed E-state index contributed by atoms with van der Waals surface area (Å²) in [5.41, 5.74) is 2.96. The Morgan fingerprint density at radius 3 is 3.11 bits per heavy atom. The van der Waals surface area contributed by atoms with Crippen molar-refractivity contribution in [3.8, 4) is 6.07 Å². The maximum absolute atomic E-state index is 9.25. The lowest BCUT2D eigenvalue weighted by atomic mass is 10.0. The third-order valence-electron chi connectivity index (χ3n) is 3.81. The van der Waals surface area contributed by atoms with Crippen LogP contribution in [0.2, 0.25) is 0 Å². The number of aryl methyl sites for hydroxylation is 2. The van der Waals surface area contributed by atoms with Crippen molar-refractivity contribution in [2.24, 2.45) is 0 Å². The van der Waals surface area contributed by atoms with Crippen molar-refractivity contribution in [2.75, 3.05) is 18.5 Å². The molecule has 2 heterocycles. The number of hydrogen-bond acceptors (Lipinski definition) is 4. The molecule has 1 N–H and O–H groups in total. The Labute approximate surface area is 107 Å². The van der Waals surface area contributed by atoms with E-state index < -0.39 is 0 Å². The maximum Gasteiger partial charge on any atom is 0.144 e. The van der Waals surface area contributed by atoms with Gasteiger partial charge in [0.1, 0.15) is 11.9 Å². The average Bonchev–Trinajstić information content (AvgIpc) is 2.96. The van der Waals surface area contributed by atoms with Gasteiger partial charge in [0.15, 0.2) is 0 Å². The van der Waals surface area contributed by atoms with Gasteiger partial charge in [0.25, 0.3) is 0 Å². The van der Waals surface area contributed by atoms with Gasteiger partial charge in [-0.2, -0.15) is 5.26 Å². The molecule has 18 heavy (non-hydrogen) atoms. The summed E-state index contributed by atoms with van der Waals surface area (Å²) in [4.78, 5) is 4.64. The molecule has 0 amide bonds. The van der Waals surface area contributed by atoms with Crippen molar-refractivity contribution in [3.63, 3.8) is 0 Å². The largest absolute Gasteiger partial charge is 0.379 e. The number of fused-ring (bicyclic) bond motifs is 1. The number of ether oxygens (including phenoxy) is 1. The van der Waals surface area contributed by atoms with Crippen LogP contribution in [0.4, 0.5) is 5.82 Å². The molecule has 0 radical (unpaired) electrons. The van der Waals surface area contributed by atoms with Gasteiger partial charge in [-0.3, -0.25) is 0 Å². The number of rotatable bonds is 2. The van der Waals surface area contributed by atoms with Crippen LogP contribution in [0.15, 0.2) is 6.07 Å². The van der Waals surface area contributed by atoms with Crippen molar-refractivity contribution in [1.82, 2.24) is 4.98 Å². The molecule has 4 nitrogen and oxygen atoms in total. The summed E-state index contributed by atoms with van der Waals surface area (Å²) in [5, 5.41) is 12.7. The first kappa shape index (κ1) is 11.5. The molecule has 1 aliphatic carbocycles. The van der Waals surface area contributed by atoms with Crippen molar-refractivity contribution < 1.29 is 4.74 Å². The molecule has 0 bridgehead atoms. The quantitative estimate of drug-likeness (QED) is 0.863. The number of nitriles is 1. The molecule has 1 aromatic heterocycles. The highest BCUT2D eigenvalue weighted by molar-refractivity contribution is 5.56. The van der Waals surface area contributed by atoms with E-state index in [1.807, 2.05) is 6.07 Å². The zero-order valence-electron chi connectivity index (χ0n) is 10.6. The third-order valence-corrected chi connectivity index (χ3v) is 3.81. The first-order valence-electron chi connectivity index (χ1n) is 6.49. The van der Waals surface area contributed by atoms with Crippen LogP contribution in [0.3, 0.4) is 0 Å². The normalized spacial score (nSPS) is 25.8. The monoisotopic (exact) mass is 243 g/mol. The van der Waals surface area contributed by atoms with Crippen LogP contribution >= 0.6 is 0 Å². The Morgan fingerprint density at radius 1 is 1.50 bits per heavy atom. The van der Waals surface area contributed by atoms with Gasteiger partial charge in [-0.05, 0) is 44.2 Å². The molecular formula is C14H17N3O. The van der Waals surface area contributed by atoms with Crippen molar-refractivity contribution in [2.45, 2.75) is 38.1 Å². The zero-order valence-corrected chi connectivity index (χ0v) is 10.6. The lowest BCUT2D eigenvalue weighted by Crippen LogP contribution is -2.35. The average molecular weight is 243 g/mol. The number of nitrogens with one attached hydrogen (secondary N) is 1. The van der Waals surface area contributed by atoms with E-state index in [1.54, 1.807) is 0 Å². The molecule has 0 saturated carbocycles. The van der Waals surface area contributed by atoms with Crippen LogP contribution in [0.5, 0.6) is 0 Å². The van der Waals surface area contributed by atoms with Crippen LogP contribution in [0.25, 0.3) is 0 Å². The van der Waals surface area contributed by atoms with Crippen LogP contribution in [-0.4, -0.2) is 23.7 Å². The van der Waals surface area contributed by atoms with Gasteiger partial charge >= 0.3 is 0 Å². The summed E-state index contributed by atoms with van der Waals surface area (Å²) < 4.78 is 5.43. The minimum Gasteiger partial charge on any atom is -0.379 e. The fourth-order valence-corrected chi connectivity index (χ4v) is 2.70. The molecule has 94 valence electrons. The highest BCUT2D eigenvalue weighted by atomic mass is 16.5. The Kier molecular flexibility index (Phi) is 2.71. The summed E-state index contributed by atoms with van der Waals surface area (Å²) in [6.45, 7) is 3.57. The van der Waals surface area contributed by atoms with E-state index in [0.29, 0.717) is 12.2 Å². The summed E-state index contributed by atoms with van der Waals surface area (Å²) in [5.74, 6) is 0.728. The van der Waals surface area contributed by atoms with E-state index in [9.17, 15) is 5.26 Å². The Morgan fingerprint density at radius 2 is 2.39 bits per heavy atom. The first-order chi connectivity index (χ1) is 8.70. The van der Waals surface area contributed by atoms with Crippen molar-refractivity contribution in [1.29, 1.82) is 5.26 Å². The van der Waals surface area contributed by atoms with Crippen LogP contribution in [0.1, 0.15) is 36.6 Å². The van der Waals surface area contributed by atoms with Gasteiger partial charge in [-0.1, -0.05) is 0 Å². The Balaban J connectivity index is 1.94. The van der Waals surface area contributed by atoms with Crippen LogP contribution < -0.4 is 5.32 Å². The first-order valence-corrected chi connectivity index (χ1v) is 6.49. The molecule has 1 atom stereocenters. The molecule has 1 fully saturated rings. The lowest BCUT2D eigenvalue weighted by molar-refractivity contribution is 0.185. The van der Waals surface area contributed by atoms with Gasteiger partial charge < -0.3 is 10.1 Å². The number of nitrogens with zero attached hydrogens (tertiary/aromatic N) is 2. The summed E-state index contributed by atoms with van der Waals surface area (Å²) >= 11 is 0. The number of aromatic nitrogens is 1. The van der Waals surface area contributed by atoms with Crippen LogP contribution in [0, 0.1) is 11.3 Å². The molecule has 1 saturated heterocycles. The van der Waals surface area contributed by atoms with E-state index in [-0.39, 0.29) is 5.54 Å². The summed E-state index contributed by atoms with van der Waals surface area (Å²) in [6, 6.07) is 4.25. The summed E-state index contributed by atoms with van der Waals surface area (Å²) in [7, 11) is 0. The predicted octanol–water partition coefficient (Wildman–Crippen LogP) is 2.03. The van der Waals surface area contributed by atoms with E-state index in [2.05, 4.69) is 23.3 Å². The summed E-state index contributed by atoms with van der Waals surface area (Å²) in [6.07, 6.45) is 4.19. The SMILES string of the molecule is CC1(Nc2nc3c(cc2C#N)CCC3)CCOC1. The molecule has 3 rings (SSSR count). The fraction of sp³-hybridized carbons (Fsp3) is 0.571. The highest BCUT2D eigenvalue weighted by Gasteiger charge is 2.31. The van der Waals surface area contributed by atoms with E-state index >= 15 is 0 Å². The molecule has 0 spiro atoms. The molecule has 1 aromatic rings. The second kappa shape index (κ2) is 4.25.